The number of aromatic nitrogens is 2. The van der Waals surface area contributed by atoms with Crippen molar-refractivity contribution in [3.05, 3.63) is 39.8 Å². The summed E-state index contributed by atoms with van der Waals surface area (Å²) in [5, 5.41) is 2.81. The van der Waals surface area contributed by atoms with Gasteiger partial charge in [0.15, 0.2) is 0 Å². The molecule has 2 saturated heterocycles. The summed E-state index contributed by atoms with van der Waals surface area (Å²) in [4.78, 5) is 36.2. The molecule has 2 atom stereocenters. The predicted molar refractivity (Wildman–Crippen MR) is 126 cm³/mol. The topological polar surface area (TPSA) is 96.5 Å². The summed E-state index contributed by atoms with van der Waals surface area (Å²) in [6, 6.07) is 5.60. The molecule has 0 radical (unpaired) electrons. The molecular weight excluding hydrogens is 488 g/mol. The molecule has 176 valence electrons. The number of hydrogen-bond acceptors (Lipinski definition) is 5. The van der Waals surface area contributed by atoms with Crippen LogP contribution in [0.1, 0.15) is 48.8 Å². The Kier molecular flexibility index (Phi) is 6.42. The smallest absolute Gasteiger partial charge is 0.407 e. The van der Waals surface area contributed by atoms with Gasteiger partial charge in [0.1, 0.15) is 11.9 Å². The number of H-pyrrole nitrogens is 1. The number of halogens is 1. The largest absolute Gasteiger partial charge is 0.453 e. The molecule has 0 spiro atoms. The monoisotopic (exact) mass is 516 g/mol. The molecule has 1 aliphatic carbocycles. The van der Waals surface area contributed by atoms with Gasteiger partial charge in [-0.2, -0.15) is 0 Å². The Balaban J connectivity index is 1.41. The van der Waals surface area contributed by atoms with Crippen LogP contribution in [-0.2, 0) is 27.1 Å². The SMILES string of the molecule is COC(=O)N[C@H](C(=O)N1CCC[C@H]1c1nc2c([nH]1)-c1ccc(Br)cc1CC2)C1CCOCC1. The van der Waals surface area contributed by atoms with Gasteiger partial charge in [0.25, 0.3) is 0 Å². The number of ether oxygens (including phenoxy) is 2. The Hall–Kier alpha value is -2.39. The predicted octanol–water partition coefficient (Wildman–Crippen LogP) is 3.75. The van der Waals surface area contributed by atoms with Gasteiger partial charge in [0.2, 0.25) is 5.91 Å². The third-order valence-electron chi connectivity index (χ3n) is 7.08. The second-order valence-electron chi connectivity index (χ2n) is 9.00. The van der Waals surface area contributed by atoms with E-state index in [0.717, 1.165) is 60.2 Å². The maximum absolute atomic E-state index is 13.7. The second-order valence-corrected chi connectivity index (χ2v) is 9.91. The fourth-order valence-electron chi connectivity index (χ4n) is 5.37. The zero-order valence-corrected chi connectivity index (χ0v) is 20.3. The quantitative estimate of drug-likeness (QED) is 0.644. The molecule has 8 nitrogen and oxygen atoms in total. The van der Waals surface area contributed by atoms with E-state index >= 15 is 0 Å². The number of alkyl carbamates (subject to hydrolysis) is 1. The highest BCUT2D eigenvalue weighted by Gasteiger charge is 2.40. The number of benzene rings is 1. The first-order chi connectivity index (χ1) is 16.0. The molecule has 2 amide bonds. The van der Waals surface area contributed by atoms with Crippen molar-refractivity contribution in [2.24, 2.45) is 5.92 Å². The number of fused-ring (bicyclic) bond motifs is 3. The Bertz CT molecular complexity index is 1050. The van der Waals surface area contributed by atoms with Crippen molar-refractivity contribution in [2.75, 3.05) is 26.9 Å². The van der Waals surface area contributed by atoms with Gasteiger partial charge < -0.3 is 24.7 Å². The van der Waals surface area contributed by atoms with Gasteiger partial charge in [-0.05, 0) is 62.1 Å². The molecule has 1 aromatic carbocycles. The van der Waals surface area contributed by atoms with E-state index in [2.05, 4.69) is 44.4 Å². The zero-order valence-electron chi connectivity index (χ0n) is 18.7. The summed E-state index contributed by atoms with van der Waals surface area (Å²) in [5.74, 6) is 0.806. The Morgan fingerprint density at radius 2 is 2.09 bits per heavy atom. The van der Waals surface area contributed by atoms with E-state index in [4.69, 9.17) is 14.5 Å². The molecule has 0 bridgehead atoms. The standard InChI is InChI=1S/C24H29BrN4O4/c1-32-24(31)28-20(14-8-11-33-12-9-14)23(30)29-10-2-3-19(29)22-26-18-7-4-15-13-16(25)5-6-17(15)21(18)27-22/h5-6,13-14,19-20H,2-4,7-12H2,1H3,(H,26,27)(H,28,31)/t19-,20-/m0/s1. The lowest BCUT2D eigenvalue weighted by Gasteiger charge is -2.34. The molecular formula is C24H29BrN4O4. The van der Waals surface area contributed by atoms with Crippen LogP contribution in [0.5, 0.6) is 0 Å². The lowest BCUT2D eigenvalue weighted by Crippen LogP contribution is -2.53. The van der Waals surface area contributed by atoms with E-state index in [-0.39, 0.29) is 17.9 Å². The average molecular weight is 517 g/mol. The van der Waals surface area contributed by atoms with E-state index in [0.29, 0.717) is 19.8 Å². The molecule has 0 unspecified atom stereocenters. The molecule has 9 heteroatoms. The minimum absolute atomic E-state index is 0.0294. The van der Waals surface area contributed by atoms with Crippen molar-refractivity contribution >= 4 is 27.9 Å². The minimum atomic E-state index is -0.621. The van der Waals surface area contributed by atoms with Crippen LogP contribution in [0.2, 0.25) is 0 Å². The Morgan fingerprint density at radius 1 is 1.27 bits per heavy atom. The number of amides is 2. The van der Waals surface area contributed by atoms with Gasteiger partial charge in [0.05, 0.1) is 24.5 Å². The molecule has 2 aromatic rings. The highest BCUT2D eigenvalue weighted by Crippen LogP contribution is 2.38. The summed E-state index contributed by atoms with van der Waals surface area (Å²) in [6.07, 6.45) is 4.49. The molecule has 2 fully saturated rings. The highest BCUT2D eigenvalue weighted by atomic mass is 79.9. The van der Waals surface area contributed by atoms with E-state index in [9.17, 15) is 9.59 Å². The van der Waals surface area contributed by atoms with Crippen molar-refractivity contribution in [3.63, 3.8) is 0 Å². The van der Waals surface area contributed by atoms with Gasteiger partial charge >= 0.3 is 6.09 Å². The lowest BCUT2D eigenvalue weighted by atomic mass is 9.90. The Morgan fingerprint density at radius 3 is 2.88 bits per heavy atom. The number of aromatic amines is 1. The fourth-order valence-corrected chi connectivity index (χ4v) is 5.78. The molecule has 0 saturated carbocycles. The van der Waals surface area contributed by atoms with Crippen molar-refractivity contribution in [3.8, 4) is 11.3 Å². The van der Waals surface area contributed by atoms with Crippen LogP contribution in [0.4, 0.5) is 4.79 Å². The third kappa shape index (κ3) is 4.40. The molecule has 3 heterocycles. The number of rotatable bonds is 4. The number of hydrogen-bond donors (Lipinski definition) is 2. The third-order valence-corrected chi connectivity index (χ3v) is 7.57. The number of nitrogens with one attached hydrogen (secondary N) is 2. The van der Waals surface area contributed by atoms with Gasteiger partial charge in [-0.3, -0.25) is 4.79 Å². The maximum Gasteiger partial charge on any atom is 0.407 e. The average Bonchev–Trinajstić information content (AvgIpc) is 3.49. The minimum Gasteiger partial charge on any atom is -0.453 e. The number of imidazole rings is 1. The number of nitrogens with zero attached hydrogens (tertiary/aromatic N) is 2. The Labute approximate surface area is 201 Å². The van der Waals surface area contributed by atoms with Crippen molar-refractivity contribution in [2.45, 2.75) is 50.6 Å². The number of likely N-dealkylation sites (tertiary alicyclic amines) is 1. The van der Waals surface area contributed by atoms with Crippen LogP contribution in [0, 0.1) is 5.92 Å². The van der Waals surface area contributed by atoms with E-state index in [1.807, 2.05) is 4.90 Å². The fraction of sp³-hybridized carbons (Fsp3) is 0.542. The molecule has 5 rings (SSSR count). The molecule has 2 aliphatic heterocycles. The first-order valence-electron chi connectivity index (χ1n) is 11.7. The summed E-state index contributed by atoms with van der Waals surface area (Å²) in [7, 11) is 1.32. The number of aryl methyl sites for hydroxylation is 2. The highest BCUT2D eigenvalue weighted by molar-refractivity contribution is 9.10. The normalized spacial score (nSPS) is 21.3. The van der Waals surface area contributed by atoms with Crippen LogP contribution in [0.15, 0.2) is 22.7 Å². The molecule has 2 N–H and O–H groups in total. The molecule has 33 heavy (non-hydrogen) atoms. The maximum atomic E-state index is 13.7. The summed E-state index contributed by atoms with van der Waals surface area (Å²) >= 11 is 3.56. The number of carbonyl (C=O) groups excluding carboxylic acids is 2. The summed E-state index contributed by atoms with van der Waals surface area (Å²) < 4.78 is 11.4. The van der Waals surface area contributed by atoms with Crippen LogP contribution in [-0.4, -0.2) is 59.8 Å². The summed E-state index contributed by atoms with van der Waals surface area (Å²) in [6.45, 7) is 1.85. The molecule has 3 aliphatic rings. The van der Waals surface area contributed by atoms with Crippen LogP contribution >= 0.6 is 15.9 Å². The number of methoxy groups -OCH3 is 1. The van der Waals surface area contributed by atoms with Crippen LogP contribution in [0.3, 0.4) is 0 Å². The van der Waals surface area contributed by atoms with E-state index in [1.165, 1.54) is 18.2 Å². The summed E-state index contributed by atoms with van der Waals surface area (Å²) in [5.41, 5.74) is 4.61. The van der Waals surface area contributed by atoms with Crippen molar-refractivity contribution in [1.82, 2.24) is 20.2 Å². The first-order valence-corrected chi connectivity index (χ1v) is 12.4. The van der Waals surface area contributed by atoms with Gasteiger partial charge in [-0.1, -0.05) is 22.0 Å². The van der Waals surface area contributed by atoms with E-state index < -0.39 is 12.1 Å². The second kappa shape index (κ2) is 9.46. The van der Waals surface area contributed by atoms with Gasteiger partial charge in [-0.25, -0.2) is 9.78 Å². The van der Waals surface area contributed by atoms with Gasteiger partial charge in [-0.15, -0.1) is 0 Å². The molecule has 1 aromatic heterocycles. The van der Waals surface area contributed by atoms with Gasteiger partial charge in [0, 0.05) is 29.8 Å². The lowest BCUT2D eigenvalue weighted by molar-refractivity contribution is -0.136. The van der Waals surface area contributed by atoms with Crippen molar-refractivity contribution < 1.29 is 19.1 Å². The first kappa shape index (κ1) is 22.4. The van der Waals surface area contributed by atoms with Crippen molar-refractivity contribution in [1.29, 1.82) is 0 Å². The van der Waals surface area contributed by atoms with Crippen LogP contribution in [0.25, 0.3) is 11.3 Å². The number of carbonyl (C=O) groups is 2. The zero-order chi connectivity index (χ0) is 22.9. The van der Waals surface area contributed by atoms with E-state index in [1.54, 1.807) is 0 Å². The van der Waals surface area contributed by atoms with Crippen LogP contribution < -0.4 is 5.32 Å².